The van der Waals surface area contributed by atoms with Gasteiger partial charge < -0.3 is 9.84 Å². The second-order valence-corrected chi connectivity index (χ2v) is 7.90. The van der Waals surface area contributed by atoms with Crippen LogP contribution in [0.5, 0.6) is 0 Å². The van der Waals surface area contributed by atoms with E-state index >= 15 is 0 Å². The Labute approximate surface area is 164 Å². The standard InChI is InChI=1S/C25H34O2/c1-2-3-4-5-6-7-8-15-20-25(23(26)21-16-11-9-12-17-21)24(27-25)22-18-13-10-14-19-22/h9-14,16-19,23-24,26H,2-8,15,20H2,1H3/t23?,24-,25+/m0/s1. The summed E-state index contributed by atoms with van der Waals surface area (Å²) in [6, 6.07) is 20.3. The van der Waals surface area contributed by atoms with Crippen LogP contribution in [0.1, 0.15) is 88.0 Å². The largest absolute Gasteiger partial charge is 0.385 e. The van der Waals surface area contributed by atoms with Crippen LogP contribution in [0.4, 0.5) is 0 Å². The van der Waals surface area contributed by atoms with Crippen molar-refractivity contribution in [2.75, 3.05) is 0 Å². The molecule has 1 N–H and O–H groups in total. The topological polar surface area (TPSA) is 32.8 Å². The lowest BCUT2D eigenvalue weighted by Crippen LogP contribution is -2.23. The summed E-state index contributed by atoms with van der Waals surface area (Å²) in [5.41, 5.74) is 1.66. The van der Waals surface area contributed by atoms with Crippen molar-refractivity contribution in [2.45, 2.75) is 82.5 Å². The molecule has 0 saturated carbocycles. The van der Waals surface area contributed by atoms with E-state index in [0.717, 1.165) is 18.4 Å². The minimum Gasteiger partial charge on any atom is -0.385 e. The van der Waals surface area contributed by atoms with E-state index in [1.807, 2.05) is 48.5 Å². The van der Waals surface area contributed by atoms with Gasteiger partial charge in [-0.1, -0.05) is 119 Å². The molecule has 146 valence electrons. The lowest BCUT2D eigenvalue weighted by atomic mass is 9.85. The summed E-state index contributed by atoms with van der Waals surface area (Å²) in [5.74, 6) is 0. The fraction of sp³-hybridized carbons (Fsp3) is 0.520. The molecule has 1 fully saturated rings. The summed E-state index contributed by atoms with van der Waals surface area (Å²) in [6.07, 6.45) is 10.7. The number of hydrogen-bond donors (Lipinski definition) is 1. The lowest BCUT2D eigenvalue weighted by molar-refractivity contribution is 0.0672. The number of aliphatic hydroxyl groups is 1. The molecule has 0 aliphatic carbocycles. The maximum Gasteiger partial charge on any atom is 0.129 e. The predicted octanol–water partition coefficient (Wildman–Crippen LogP) is 6.76. The number of aliphatic hydroxyl groups excluding tert-OH is 1. The first-order valence-corrected chi connectivity index (χ1v) is 10.7. The van der Waals surface area contributed by atoms with Crippen LogP contribution in [0.15, 0.2) is 60.7 Å². The molecule has 1 saturated heterocycles. The Hall–Kier alpha value is -1.64. The second kappa shape index (κ2) is 10.1. The van der Waals surface area contributed by atoms with E-state index in [1.165, 1.54) is 50.5 Å². The predicted molar refractivity (Wildman–Crippen MR) is 112 cm³/mol. The molecule has 3 atom stereocenters. The van der Waals surface area contributed by atoms with Gasteiger partial charge in [0.15, 0.2) is 0 Å². The fourth-order valence-corrected chi connectivity index (χ4v) is 4.15. The van der Waals surface area contributed by atoms with Crippen molar-refractivity contribution in [1.82, 2.24) is 0 Å². The van der Waals surface area contributed by atoms with Crippen LogP contribution < -0.4 is 0 Å². The second-order valence-electron chi connectivity index (χ2n) is 7.90. The van der Waals surface area contributed by atoms with Crippen LogP contribution in [-0.2, 0) is 4.74 Å². The molecule has 1 heterocycles. The Morgan fingerprint density at radius 3 is 2.00 bits per heavy atom. The highest BCUT2D eigenvalue weighted by atomic mass is 16.6. The molecule has 1 aliphatic rings. The van der Waals surface area contributed by atoms with Crippen LogP contribution in [0.25, 0.3) is 0 Å². The maximum absolute atomic E-state index is 11.1. The Kier molecular flexibility index (Phi) is 7.49. The molecule has 0 spiro atoms. The van der Waals surface area contributed by atoms with Crippen LogP contribution >= 0.6 is 0 Å². The number of epoxide rings is 1. The van der Waals surface area contributed by atoms with Crippen LogP contribution in [0, 0.1) is 0 Å². The van der Waals surface area contributed by atoms with Gasteiger partial charge in [-0.3, -0.25) is 0 Å². The van der Waals surface area contributed by atoms with Gasteiger partial charge in [-0.25, -0.2) is 0 Å². The number of ether oxygens (including phenoxy) is 1. The van der Waals surface area contributed by atoms with Gasteiger partial charge in [0.05, 0.1) is 0 Å². The van der Waals surface area contributed by atoms with Gasteiger partial charge in [0.2, 0.25) is 0 Å². The van der Waals surface area contributed by atoms with Gasteiger partial charge in [-0.05, 0) is 17.5 Å². The van der Waals surface area contributed by atoms with Gasteiger partial charge in [0.1, 0.15) is 17.8 Å². The van der Waals surface area contributed by atoms with E-state index in [1.54, 1.807) is 0 Å². The summed E-state index contributed by atoms with van der Waals surface area (Å²) in [7, 11) is 0. The van der Waals surface area contributed by atoms with Crippen LogP contribution in [-0.4, -0.2) is 10.7 Å². The Morgan fingerprint density at radius 1 is 0.815 bits per heavy atom. The van der Waals surface area contributed by atoms with Crippen molar-refractivity contribution in [3.05, 3.63) is 71.8 Å². The van der Waals surface area contributed by atoms with E-state index in [4.69, 9.17) is 4.74 Å². The molecule has 2 nitrogen and oxygen atoms in total. The van der Waals surface area contributed by atoms with Gasteiger partial charge in [-0.2, -0.15) is 0 Å². The summed E-state index contributed by atoms with van der Waals surface area (Å²) in [4.78, 5) is 0. The smallest absolute Gasteiger partial charge is 0.129 e. The molecule has 2 heteroatoms. The number of rotatable bonds is 12. The van der Waals surface area contributed by atoms with E-state index in [0.29, 0.717) is 0 Å². The first kappa shape index (κ1) is 20.1. The normalized spacial score (nSPS) is 22.5. The van der Waals surface area contributed by atoms with Crippen molar-refractivity contribution in [1.29, 1.82) is 0 Å². The van der Waals surface area contributed by atoms with Crippen molar-refractivity contribution in [3.63, 3.8) is 0 Å². The number of unbranched alkanes of at least 4 members (excludes halogenated alkanes) is 7. The van der Waals surface area contributed by atoms with Crippen molar-refractivity contribution < 1.29 is 9.84 Å². The SMILES string of the molecule is CCCCCCCCCC[C@]1(C(O)c2ccccc2)O[C@H]1c1ccccc1. The first-order valence-electron chi connectivity index (χ1n) is 10.7. The third-order valence-electron chi connectivity index (χ3n) is 5.83. The third kappa shape index (κ3) is 5.21. The molecule has 27 heavy (non-hydrogen) atoms. The zero-order valence-corrected chi connectivity index (χ0v) is 16.6. The molecule has 3 rings (SSSR count). The van der Waals surface area contributed by atoms with Crippen molar-refractivity contribution >= 4 is 0 Å². The highest BCUT2D eigenvalue weighted by molar-refractivity contribution is 5.31. The highest BCUT2D eigenvalue weighted by Crippen LogP contribution is 2.59. The van der Waals surface area contributed by atoms with Gasteiger partial charge >= 0.3 is 0 Å². The number of benzene rings is 2. The minimum atomic E-state index is -0.575. The Bertz CT molecular complexity index is 655. The summed E-state index contributed by atoms with van der Waals surface area (Å²) < 4.78 is 6.22. The lowest BCUT2D eigenvalue weighted by Gasteiger charge is -2.21. The molecule has 0 aromatic heterocycles. The van der Waals surface area contributed by atoms with Gasteiger partial charge in [0, 0.05) is 0 Å². The molecular weight excluding hydrogens is 332 g/mol. The average molecular weight is 367 g/mol. The first-order chi connectivity index (χ1) is 13.3. The average Bonchev–Trinajstić information content (AvgIpc) is 3.46. The van der Waals surface area contributed by atoms with Gasteiger partial charge in [-0.15, -0.1) is 0 Å². The quantitative estimate of drug-likeness (QED) is 0.332. The molecule has 0 bridgehead atoms. The van der Waals surface area contributed by atoms with E-state index < -0.39 is 11.7 Å². The summed E-state index contributed by atoms with van der Waals surface area (Å²) in [5, 5.41) is 11.1. The molecule has 2 aromatic carbocycles. The minimum absolute atomic E-state index is 0.00143. The Morgan fingerprint density at radius 2 is 1.37 bits per heavy atom. The molecule has 0 amide bonds. The summed E-state index contributed by atoms with van der Waals surface area (Å²) in [6.45, 7) is 2.26. The monoisotopic (exact) mass is 366 g/mol. The zero-order valence-electron chi connectivity index (χ0n) is 16.6. The fourth-order valence-electron chi connectivity index (χ4n) is 4.15. The molecule has 1 unspecified atom stereocenters. The van der Waals surface area contributed by atoms with Crippen LogP contribution in [0.3, 0.4) is 0 Å². The number of hydrogen-bond acceptors (Lipinski definition) is 2. The van der Waals surface area contributed by atoms with E-state index in [9.17, 15) is 5.11 Å². The molecule has 2 aromatic rings. The van der Waals surface area contributed by atoms with Crippen molar-refractivity contribution in [2.24, 2.45) is 0 Å². The van der Waals surface area contributed by atoms with Crippen LogP contribution in [0.2, 0.25) is 0 Å². The molecule has 0 radical (unpaired) electrons. The molecular formula is C25H34O2. The highest BCUT2D eigenvalue weighted by Gasteiger charge is 2.61. The Balaban J connectivity index is 1.57. The van der Waals surface area contributed by atoms with Gasteiger partial charge in [0.25, 0.3) is 0 Å². The maximum atomic E-state index is 11.1. The summed E-state index contributed by atoms with van der Waals surface area (Å²) >= 11 is 0. The van der Waals surface area contributed by atoms with E-state index in [-0.39, 0.29) is 6.10 Å². The molecule has 1 aliphatic heterocycles. The zero-order chi connectivity index (χ0) is 19.0. The third-order valence-corrected chi connectivity index (χ3v) is 5.83. The van der Waals surface area contributed by atoms with E-state index in [2.05, 4.69) is 19.1 Å². The van der Waals surface area contributed by atoms with Crippen molar-refractivity contribution in [3.8, 4) is 0 Å².